The zero-order chi connectivity index (χ0) is 14.3. The average molecular weight is 270 g/mol. The third-order valence-electron chi connectivity index (χ3n) is 4.49. The van der Waals surface area contributed by atoms with Gasteiger partial charge in [0.1, 0.15) is 0 Å². The van der Waals surface area contributed by atoms with Crippen LogP contribution in [0.5, 0.6) is 0 Å². The number of hydrogen-bond acceptors (Lipinski definition) is 0. The zero-order valence-electron chi connectivity index (χ0n) is 11.7. The Balaban J connectivity index is 2.30. The van der Waals surface area contributed by atoms with Crippen molar-refractivity contribution in [3.05, 3.63) is 35.4 Å². The van der Waals surface area contributed by atoms with Crippen LogP contribution in [0.4, 0.5) is 13.2 Å². The molecule has 1 saturated carbocycles. The fourth-order valence-electron chi connectivity index (χ4n) is 3.63. The van der Waals surface area contributed by atoms with Crippen LogP contribution in [0.3, 0.4) is 0 Å². The fourth-order valence-corrected chi connectivity index (χ4v) is 3.63. The van der Waals surface area contributed by atoms with E-state index in [1.165, 1.54) is 18.6 Å². The molecule has 1 aromatic carbocycles. The molecule has 2 atom stereocenters. The van der Waals surface area contributed by atoms with E-state index < -0.39 is 11.7 Å². The van der Waals surface area contributed by atoms with Gasteiger partial charge >= 0.3 is 6.18 Å². The summed E-state index contributed by atoms with van der Waals surface area (Å²) >= 11 is 0. The van der Waals surface area contributed by atoms with E-state index in [1.807, 2.05) is 0 Å². The first-order valence-corrected chi connectivity index (χ1v) is 6.89. The summed E-state index contributed by atoms with van der Waals surface area (Å²) in [4.78, 5) is 0. The summed E-state index contributed by atoms with van der Waals surface area (Å²) in [5, 5.41) is 0. The predicted octanol–water partition coefficient (Wildman–Crippen LogP) is 5.64. The largest absolute Gasteiger partial charge is 0.416 e. The van der Waals surface area contributed by atoms with Gasteiger partial charge in [0.15, 0.2) is 0 Å². The quantitative estimate of drug-likeness (QED) is 0.620. The Morgan fingerprint density at radius 3 is 2.16 bits per heavy atom. The molecule has 106 valence electrons. The molecule has 0 aliphatic heterocycles. The molecular formula is C16H21F3. The Morgan fingerprint density at radius 2 is 1.68 bits per heavy atom. The van der Waals surface area contributed by atoms with Crippen LogP contribution in [0.15, 0.2) is 24.3 Å². The molecule has 0 amide bonds. The minimum absolute atomic E-state index is 0.164. The van der Waals surface area contributed by atoms with E-state index in [-0.39, 0.29) is 5.41 Å². The summed E-state index contributed by atoms with van der Waals surface area (Å²) in [6.07, 6.45) is -0.727. The van der Waals surface area contributed by atoms with Crippen LogP contribution in [0, 0.1) is 11.3 Å². The van der Waals surface area contributed by atoms with Gasteiger partial charge in [-0.1, -0.05) is 45.7 Å². The molecule has 0 heterocycles. The first kappa shape index (κ1) is 14.4. The molecule has 1 unspecified atom stereocenters. The van der Waals surface area contributed by atoms with Crippen LogP contribution in [0.25, 0.3) is 0 Å². The van der Waals surface area contributed by atoms with Gasteiger partial charge in [-0.05, 0) is 41.4 Å². The van der Waals surface area contributed by atoms with Gasteiger partial charge in [-0.15, -0.1) is 0 Å². The molecule has 1 aliphatic carbocycles. The third kappa shape index (κ3) is 2.96. The second kappa shape index (κ2) is 4.84. The summed E-state index contributed by atoms with van der Waals surface area (Å²) in [5.74, 6) is 0.879. The first-order chi connectivity index (χ1) is 8.72. The predicted molar refractivity (Wildman–Crippen MR) is 71.0 cm³/mol. The first-order valence-electron chi connectivity index (χ1n) is 6.89. The Kier molecular flexibility index (Phi) is 3.67. The van der Waals surface area contributed by atoms with E-state index in [0.29, 0.717) is 11.8 Å². The normalized spacial score (nSPS) is 27.3. The maximum atomic E-state index is 12.6. The van der Waals surface area contributed by atoms with E-state index in [0.717, 1.165) is 18.4 Å². The summed E-state index contributed by atoms with van der Waals surface area (Å²) in [6.45, 7) is 6.67. The van der Waals surface area contributed by atoms with Crippen molar-refractivity contribution in [1.82, 2.24) is 0 Å². The summed E-state index contributed by atoms with van der Waals surface area (Å²) in [5.41, 5.74) is 0.653. The number of benzene rings is 1. The smallest absolute Gasteiger partial charge is 0.166 e. The monoisotopic (exact) mass is 270 g/mol. The van der Waals surface area contributed by atoms with Gasteiger partial charge in [-0.25, -0.2) is 0 Å². The standard InChI is InChI=1S/C16H21F3/c1-11-5-4-10-15(2,3)14(11)12-6-8-13(9-7-12)16(17,18)19/h6-9,11,14H,4-5,10H2,1-3H3/t11-,14?/m0/s1. The molecule has 2 rings (SSSR count). The van der Waals surface area contributed by atoms with Crippen molar-refractivity contribution in [1.29, 1.82) is 0 Å². The van der Waals surface area contributed by atoms with Gasteiger partial charge < -0.3 is 0 Å². The van der Waals surface area contributed by atoms with Gasteiger partial charge in [-0.3, -0.25) is 0 Å². The van der Waals surface area contributed by atoms with Crippen LogP contribution >= 0.6 is 0 Å². The van der Waals surface area contributed by atoms with Crippen LogP contribution in [-0.4, -0.2) is 0 Å². The Labute approximate surface area is 113 Å². The Hall–Kier alpha value is -0.990. The molecule has 0 nitrogen and oxygen atoms in total. The second-order valence-electron chi connectivity index (χ2n) is 6.46. The molecular weight excluding hydrogens is 249 g/mol. The summed E-state index contributed by atoms with van der Waals surface area (Å²) in [7, 11) is 0. The Morgan fingerprint density at radius 1 is 1.11 bits per heavy atom. The lowest BCUT2D eigenvalue weighted by atomic mass is 9.62. The summed E-state index contributed by atoms with van der Waals surface area (Å²) in [6, 6.07) is 5.76. The van der Waals surface area contributed by atoms with Crippen molar-refractivity contribution >= 4 is 0 Å². The van der Waals surface area contributed by atoms with Gasteiger partial charge in [0.2, 0.25) is 0 Å². The molecule has 1 aromatic rings. The van der Waals surface area contributed by atoms with Crippen LogP contribution in [0.1, 0.15) is 57.1 Å². The highest BCUT2D eigenvalue weighted by atomic mass is 19.4. The molecule has 0 spiro atoms. The van der Waals surface area contributed by atoms with Crippen LogP contribution in [0.2, 0.25) is 0 Å². The van der Waals surface area contributed by atoms with Crippen molar-refractivity contribution in [3.8, 4) is 0 Å². The van der Waals surface area contributed by atoms with Gasteiger partial charge in [-0.2, -0.15) is 13.2 Å². The zero-order valence-corrected chi connectivity index (χ0v) is 11.7. The SMILES string of the molecule is C[C@H]1CCCC(C)(C)C1c1ccc(C(F)(F)F)cc1. The molecule has 19 heavy (non-hydrogen) atoms. The molecule has 0 bridgehead atoms. The number of rotatable bonds is 1. The van der Waals surface area contributed by atoms with E-state index in [1.54, 1.807) is 12.1 Å². The lowest BCUT2D eigenvalue weighted by Gasteiger charge is -2.43. The number of alkyl halides is 3. The van der Waals surface area contributed by atoms with E-state index in [4.69, 9.17) is 0 Å². The molecule has 0 radical (unpaired) electrons. The van der Waals surface area contributed by atoms with Crippen LogP contribution in [-0.2, 0) is 6.18 Å². The maximum absolute atomic E-state index is 12.6. The molecule has 1 fully saturated rings. The topological polar surface area (TPSA) is 0 Å². The highest BCUT2D eigenvalue weighted by molar-refractivity contribution is 5.29. The molecule has 0 aromatic heterocycles. The van der Waals surface area contributed by atoms with Crippen molar-refractivity contribution in [3.63, 3.8) is 0 Å². The highest BCUT2D eigenvalue weighted by Crippen LogP contribution is 2.50. The van der Waals surface area contributed by atoms with Crippen molar-refractivity contribution in [2.45, 2.75) is 52.1 Å². The highest BCUT2D eigenvalue weighted by Gasteiger charge is 2.38. The van der Waals surface area contributed by atoms with Crippen molar-refractivity contribution in [2.24, 2.45) is 11.3 Å². The van der Waals surface area contributed by atoms with E-state index >= 15 is 0 Å². The van der Waals surface area contributed by atoms with Crippen LogP contribution < -0.4 is 0 Å². The second-order valence-corrected chi connectivity index (χ2v) is 6.46. The molecule has 1 aliphatic rings. The minimum Gasteiger partial charge on any atom is -0.166 e. The van der Waals surface area contributed by atoms with E-state index in [2.05, 4.69) is 20.8 Å². The Bertz CT molecular complexity index is 428. The minimum atomic E-state index is -4.24. The number of hydrogen-bond donors (Lipinski definition) is 0. The van der Waals surface area contributed by atoms with Gasteiger partial charge in [0, 0.05) is 0 Å². The molecule has 0 saturated heterocycles. The molecule has 0 N–H and O–H groups in total. The lowest BCUT2D eigenvalue weighted by Crippen LogP contribution is -2.31. The fraction of sp³-hybridized carbons (Fsp3) is 0.625. The van der Waals surface area contributed by atoms with E-state index in [9.17, 15) is 13.2 Å². The summed E-state index contributed by atoms with van der Waals surface area (Å²) < 4.78 is 37.8. The maximum Gasteiger partial charge on any atom is 0.416 e. The average Bonchev–Trinajstić information content (AvgIpc) is 2.27. The third-order valence-corrected chi connectivity index (χ3v) is 4.49. The van der Waals surface area contributed by atoms with Gasteiger partial charge in [0.25, 0.3) is 0 Å². The van der Waals surface area contributed by atoms with Crippen molar-refractivity contribution in [2.75, 3.05) is 0 Å². The van der Waals surface area contributed by atoms with Crippen molar-refractivity contribution < 1.29 is 13.2 Å². The lowest BCUT2D eigenvalue weighted by molar-refractivity contribution is -0.137. The molecule has 3 heteroatoms. The number of halogens is 3. The van der Waals surface area contributed by atoms with Gasteiger partial charge in [0.05, 0.1) is 5.56 Å².